The molecule has 0 fully saturated rings. The highest BCUT2D eigenvalue weighted by Gasteiger charge is 2.34. The van der Waals surface area contributed by atoms with Crippen LogP contribution in [0.5, 0.6) is 0 Å². The smallest absolute Gasteiger partial charge is 0.329 e. The zero-order chi connectivity index (χ0) is 19.9. The highest BCUT2D eigenvalue weighted by atomic mass is 16.6. The molecule has 1 aromatic carbocycles. The SMILES string of the molecule is COC(=O)C[C@@H](c1ccc([N+](=O)[O-])cc1)[C@@H](NC(=O)C(C)C)C(=O)OC. The Morgan fingerprint density at radius 2 is 1.69 bits per heavy atom. The molecule has 1 N–H and O–H groups in total. The number of non-ortho nitro benzene ring substituents is 1. The Hall–Kier alpha value is -2.97. The number of hydrogen-bond donors (Lipinski definition) is 1. The lowest BCUT2D eigenvalue weighted by atomic mass is 9.88. The molecule has 1 amide bonds. The quantitative estimate of drug-likeness (QED) is 0.420. The van der Waals surface area contributed by atoms with Crippen LogP contribution in [0.15, 0.2) is 24.3 Å². The van der Waals surface area contributed by atoms with E-state index >= 15 is 0 Å². The molecule has 0 radical (unpaired) electrons. The zero-order valence-corrected chi connectivity index (χ0v) is 15.1. The number of nitrogens with one attached hydrogen (secondary N) is 1. The summed E-state index contributed by atoms with van der Waals surface area (Å²) < 4.78 is 9.43. The molecule has 1 aromatic rings. The molecule has 0 heterocycles. The van der Waals surface area contributed by atoms with E-state index in [9.17, 15) is 24.5 Å². The van der Waals surface area contributed by atoms with Crippen molar-refractivity contribution >= 4 is 23.5 Å². The van der Waals surface area contributed by atoms with Crippen LogP contribution >= 0.6 is 0 Å². The summed E-state index contributed by atoms with van der Waals surface area (Å²) in [6.45, 7) is 3.32. The van der Waals surface area contributed by atoms with Crippen LogP contribution in [0, 0.1) is 16.0 Å². The van der Waals surface area contributed by atoms with Gasteiger partial charge >= 0.3 is 11.9 Å². The zero-order valence-electron chi connectivity index (χ0n) is 15.1. The number of carbonyl (C=O) groups is 3. The molecule has 0 saturated heterocycles. The number of ether oxygens (including phenoxy) is 2. The van der Waals surface area contributed by atoms with Gasteiger partial charge in [0, 0.05) is 24.0 Å². The number of amides is 1. The number of nitro benzene ring substituents is 1. The molecule has 142 valence electrons. The summed E-state index contributed by atoms with van der Waals surface area (Å²) in [7, 11) is 2.37. The Labute approximate surface area is 150 Å². The molecule has 0 aliphatic heterocycles. The van der Waals surface area contributed by atoms with E-state index in [4.69, 9.17) is 4.74 Å². The second-order valence-corrected chi connectivity index (χ2v) is 5.90. The highest BCUT2D eigenvalue weighted by molar-refractivity contribution is 5.87. The van der Waals surface area contributed by atoms with Gasteiger partial charge < -0.3 is 14.8 Å². The van der Waals surface area contributed by atoms with Crippen LogP contribution in [-0.4, -0.2) is 43.0 Å². The van der Waals surface area contributed by atoms with Gasteiger partial charge in [0.05, 0.1) is 25.6 Å². The van der Waals surface area contributed by atoms with Crippen molar-refractivity contribution in [2.75, 3.05) is 14.2 Å². The summed E-state index contributed by atoms with van der Waals surface area (Å²) in [5, 5.41) is 13.4. The number of methoxy groups -OCH3 is 2. The number of carbonyl (C=O) groups excluding carboxylic acids is 3. The summed E-state index contributed by atoms with van der Waals surface area (Å²) in [5.74, 6) is -2.92. The van der Waals surface area contributed by atoms with Crippen molar-refractivity contribution in [1.82, 2.24) is 5.32 Å². The summed E-state index contributed by atoms with van der Waals surface area (Å²) in [6.07, 6.45) is -0.216. The molecule has 0 aliphatic rings. The number of hydrogen-bond acceptors (Lipinski definition) is 7. The van der Waals surface area contributed by atoms with E-state index in [0.29, 0.717) is 5.56 Å². The number of rotatable bonds is 8. The average Bonchev–Trinajstić information content (AvgIpc) is 2.63. The minimum absolute atomic E-state index is 0.133. The molecule has 0 spiro atoms. The van der Waals surface area contributed by atoms with Gasteiger partial charge in [0.15, 0.2) is 0 Å². The van der Waals surface area contributed by atoms with Crippen molar-refractivity contribution < 1.29 is 28.8 Å². The fourth-order valence-electron chi connectivity index (χ4n) is 2.30. The van der Waals surface area contributed by atoms with Crippen LogP contribution in [0.2, 0.25) is 0 Å². The van der Waals surface area contributed by atoms with Crippen LogP contribution in [0.3, 0.4) is 0 Å². The van der Waals surface area contributed by atoms with Gasteiger partial charge in [0.2, 0.25) is 5.91 Å². The van der Waals surface area contributed by atoms with Crippen molar-refractivity contribution in [2.45, 2.75) is 32.2 Å². The standard InChI is InChI=1S/C17H22N2O7/c1-10(2)16(21)18-15(17(22)26-4)13(9-14(20)25-3)11-5-7-12(8-6-11)19(23)24/h5-8,10,13,15H,9H2,1-4H3,(H,18,21)/t13-,15+/m0/s1. The van der Waals surface area contributed by atoms with Crippen LogP contribution < -0.4 is 5.32 Å². The third-order valence-electron chi connectivity index (χ3n) is 3.83. The molecule has 0 unspecified atom stereocenters. The second-order valence-electron chi connectivity index (χ2n) is 5.90. The summed E-state index contributed by atoms with van der Waals surface area (Å²) in [4.78, 5) is 46.4. The topological polar surface area (TPSA) is 125 Å². The normalized spacial score (nSPS) is 12.8. The molecule has 2 atom stereocenters. The molecule has 1 rings (SSSR count). The minimum atomic E-state index is -1.14. The summed E-state index contributed by atoms with van der Waals surface area (Å²) in [5.41, 5.74) is 0.326. The van der Waals surface area contributed by atoms with E-state index in [1.54, 1.807) is 13.8 Å². The highest BCUT2D eigenvalue weighted by Crippen LogP contribution is 2.27. The van der Waals surface area contributed by atoms with Gasteiger partial charge in [0.1, 0.15) is 6.04 Å². The van der Waals surface area contributed by atoms with E-state index in [0.717, 1.165) is 0 Å². The van der Waals surface area contributed by atoms with Gasteiger partial charge in [-0.25, -0.2) is 4.79 Å². The van der Waals surface area contributed by atoms with Gasteiger partial charge in [-0.05, 0) is 5.56 Å². The van der Waals surface area contributed by atoms with Crippen molar-refractivity contribution in [1.29, 1.82) is 0 Å². The molecule has 0 aromatic heterocycles. The molecule has 9 nitrogen and oxygen atoms in total. The van der Waals surface area contributed by atoms with Crippen LogP contribution in [0.1, 0.15) is 31.7 Å². The second kappa shape index (κ2) is 9.50. The molecular weight excluding hydrogens is 344 g/mol. The lowest BCUT2D eigenvalue weighted by Gasteiger charge is -2.26. The fraction of sp³-hybridized carbons (Fsp3) is 0.471. The first kappa shape index (κ1) is 21.1. The number of esters is 2. The van der Waals surface area contributed by atoms with Crippen LogP contribution in [-0.2, 0) is 23.9 Å². The lowest BCUT2D eigenvalue weighted by Crippen LogP contribution is -2.47. The van der Waals surface area contributed by atoms with Gasteiger partial charge in [-0.15, -0.1) is 0 Å². The lowest BCUT2D eigenvalue weighted by molar-refractivity contribution is -0.384. The van der Waals surface area contributed by atoms with Crippen molar-refractivity contribution in [2.24, 2.45) is 5.92 Å². The largest absolute Gasteiger partial charge is 0.469 e. The third kappa shape index (κ3) is 5.54. The molecule has 0 aliphatic carbocycles. The van der Waals surface area contributed by atoms with Crippen molar-refractivity contribution in [3.8, 4) is 0 Å². The third-order valence-corrected chi connectivity index (χ3v) is 3.83. The number of nitrogens with zero attached hydrogens (tertiary/aromatic N) is 1. The van der Waals surface area contributed by atoms with E-state index < -0.39 is 40.6 Å². The number of benzene rings is 1. The van der Waals surface area contributed by atoms with Gasteiger partial charge in [-0.3, -0.25) is 19.7 Å². The van der Waals surface area contributed by atoms with E-state index in [1.807, 2.05) is 0 Å². The van der Waals surface area contributed by atoms with Gasteiger partial charge in [-0.2, -0.15) is 0 Å². The monoisotopic (exact) mass is 366 g/mol. The molecule has 0 bridgehead atoms. The Bertz CT molecular complexity index is 670. The fourth-order valence-corrected chi connectivity index (χ4v) is 2.30. The molecule has 0 saturated carbocycles. The Balaban J connectivity index is 3.29. The van der Waals surface area contributed by atoms with E-state index in [1.165, 1.54) is 38.5 Å². The van der Waals surface area contributed by atoms with Gasteiger partial charge in [0.25, 0.3) is 5.69 Å². The van der Waals surface area contributed by atoms with Crippen LogP contribution in [0.25, 0.3) is 0 Å². The van der Waals surface area contributed by atoms with Crippen molar-refractivity contribution in [3.05, 3.63) is 39.9 Å². The maximum Gasteiger partial charge on any atom is 0.329 e. The first-order chi connectivity index (χ1) is 12.2. The maximum atomic E-state index is 12.2. The van der Waals surface area contributed by atoms with Crippen molar-refractivity contribution in [3.63, 3.8) is 0 Å². The average molecular weight is 366 g/mol. The maximum absolute atomic E-state index is 12.2. The first-order valence-corrected chi connectivity index (χ1v) is 7.90. The molecule has 26 heavy (non-hydrogen) atoms. The first-order valence-electron chi connectivity index (χ1n) is 7.90. The molecule has 9 heteroatoms. The summed E-state index contributed by atoms with van der Waals surface area (Å²) in [6, 6.07) is 4.25. The van der Waals surface area contributed by atoms with E-state index in [2.05, 4.69) is 10.1 Å². The predicted octanol–water partition coefficient (Wildman–Crippen LogP) is 1.56. The Kier molecular flexibility index (Phi) is 7.70. The summed E-state index contributed by atoms with van der Waals surface area (Å²) >= 11 is 0. The predicted molar refractivity (Wildman–Crippen MR) is 91.3 cm³/mol. The Morgan fingerprint density at radius 3 is 2.12 bits per heavy atom. The number of nitro groups is 1. The van der Waals surface area contributed by atoms with Gasteiger partial charge in [-0.1, -0.05) is 26.0 Å². The van der Waals surface area contributed by atoms with E-state index in [-0.39, 0.29) is 12.1 Å². The Morgan fingerprint density at radius 1 is 1.12 bits per heavy atom. The minimum Gasteiger partial charge on any atom is -0.469 e. The van der Waals surface area contributed by atoms with Crippen LogP contribution in [0.4, 0.5) is 5.69 Å². The molecular formula is C17H22N2O7.